The Bertz CT molecular complexity index is 286. The van der Waals surface area contributed by atoms with Gasteiger partial charge >= 0.3 is 0 Å². The van der Waals surface area contributed by atoms with Gasteiger partial charge in [0, 0.05) is 6.20 Å². The van der Waals surface area contributed by atoms with Crippen LogP contribution in [0.15, 0.2) is 12.3 Å². The van der Waals surface area contributed by atoms with Gasteiger partial charge in [0.2, 0.25) is 0 Å². The number of H-pyrrole nitrogens is 1. The summed E-state index contributed by atoms with van der Waals surface area (Å²) in [6.07, 6.45) is 6.13. The molecule has 0 radical (unpaired) electrons. The molecule has 0 bridgehead atoms. The molecule has 2 aliphatic rings. The molecular weight excluding hydrogens is 198 g/mol. The fraction of sp³-hybridized carbons (Fsp3) is 0.700. The molecule has 2 N–H and O–H groups in total. The predicted molar refractivity (Wildman–Crippen MR) is 57.4 cm³/mol. The summed E-state index contributed by atoms with van der Waals surface area (Å²) in [5.41, 5.74) is 1.20. The number of hydrogen-bond acceptors (Lipinski definition) is 2. The molecule has 4 heteroatoms. The summed E-state index contributed by atoms with van der Waals surface area (Å²) >= 11 is 0. The SMILES string of the molecule is Cl.c1cc(C2NCC3CCCC32)n[nH]1. The minimum Gasteiger partial charge on any atom is -0.308 e. The first-order valence-electron chi connectivity index (χ1n) is 5.18. The normalized spacial score (nSPS) is 35.3. The van der Waals surface area contributed by atoms with Crippen molar-refractivity contribution in [2.75, 3.05) is 6.54 Å². The maximum Gasteiger partial charge on any atom is 0.0794 e. The molecule has 2 fully saturated rings. The van der Waals surface area contributed by atoms with Gasteiger partial charge in [-0.25, -0.2) is 0 Å². The molecule has 0 aromatic carbocycles. The van der Waals surface area contributed by atoms with Crippen LogP contribution in [0.1, 0.15) is 31.0 Å². The zero-order valence-corrected chi connectivity index (χ0v) is 8.89. The van der Waals surface area contributed by atoms with E-state index < -0.39 is 0 Å². The van der Waals surface area contributed by atoms with Gasteiger partial charge in [-0.2, -0.15) is 5.10 Å². The standard InChI is InChI=1S/C10H15N3.ClH/c1-2-7-6-11-10(8(7)3-1)9-4-5-12-13-9;/h4-5,7-8,10-11H,1-3,6H2,(H,12,13);1H. The third-order valence-electron chi connectivity index (χ3n) is 3.59. The lowest BCUT2D eigenvalue weighted by molar-refractivity contribution is 0.415. The second-order valence-electron chi connectivity index (χ2n) is 4.24. The second-order valence-corrected chi connectivity index (χ2v) is 4.24. The topological polar surface area (TPSA) is 40.7 Å². The first-order chi connectivity index (χ1) is 6.45. The molecule has 78 valence electrons. The Morgan fingerprint density at radius 2 is 2.29 bits per heavy atom. The Kier molecular flexibility index (Phi) is 2.79. The van der Waals surface area contributed by atoms with Crippen molar-refractivity contribution in [1.29, 1.82) is 0 Å². The molecule has 0 amide bonds. The zero-order valence-electron chi connectivity index (χ0n) is 8.07. The molecular formula is C10H16ClN3. The number of nitrogens with one attached hydrogen (secondary N) is 2. The minimum atomic E-state index is 0. The first kappa shape index (κ1) is 9.99. The quantitative estimate of drug-likeness (QED) is 0.748. The minimum absolute atomic E-state index is 0. The van der Waals surface area contributed by atoms with Gasteiger partial charge in [-0.05, 0) is 37.3 Å². The van der Waals surface area contributed by atoms with Gasteiger partial charge in [0.25, 0.3) is 0 Å². The Morgan fingerprint density at radius 1 is 1.36 bits per heavy atom. The fourth-order valence-corrected chi connectivity index (χ4v) is 2.96. The lowest BCUT2D eigenvalue weighted by Crippen LogP contribution is -2.18. The summed E-state index contributed by atoms with van der Waals surface area (Å²) < 4.78 is 0. The van der Waals surface area contributed by atoms with E-state index in [1.54, 1.807) is 0 Å². The maximum atomic E-state index is 4.27. The van der Waals surface area contributed by atoms with E-state index in [9.17, 15) is 0 Å². The third kappa shape index (κ3) is 1.44. The Morgan fingerprint density at radius 3 is 3.07 bits per heavy atom. The van der Waals surface area contributed by atoms with E-state index in [-0.39, 0.29) is 12.4 Å². The maximum absolute atomic E-state index is 4.27. The number of hydrogen-bond donors (Lipinski definition) is 2. The van der Waals surface area contributed by atoms with Gasteiger partial charge in [0.05, 0.1) is 11.7 Å². The van der Waals surface area contributed by atoms with Crippen molar-refractivity contribution in [1.82, 2.24) is 15.5 Å². The second kappa shape index (κ2) is 3.91. The molecule has 3 unspecified atom stereocenters. The first-order valence-corrected chi connectivity index (χ1v) is 5.18. The molecule has 1 aromatic rings. The predicted octanol–water partition coefficient (Wildman–Crippen LogP) is 1.89. The molecule has 1 aliphatic carbocycles. The van der Waals surface area contributed by atoms with Crippen LogP contribution in [-0.4, -0.2) is 16.7 Å². The van der Waals surface area contributed by atoms with E-state index in [2.05, 4.69) is 21.6 Å². The highest BCUT2D eigenvalue weighted by atomic mass is 35.5. The summed E-state index contributed by atoms with van der Waals surface area (Å²) in [7, 11) is 0. The molecule has 3 nitrogen and oxygen atoms in total. The zero-order chi connectivity index (χ0) is 8.67. The number of nitrogens with zero attached hydrogens (tertiary/aromatic N) is 1. The molecule has 2 heterocycles. The molecule has 14 heavy (non-hydrogen) atoms. The summed E-state index contributed by atoms with van der Waals surface area (Å²) in [4.78, 5) is 0. The summed E-state index contributed by atoms with van der Waals surface area (Å²) in [5.74, 6) is 1.77. The highest BCUT2D eigenvalue weighted by molar-refractivity contribution is 5.85. The monoisotopic (exact) mass is 213 g/mol. The molecule has 3 atom stereocenters. The van der Waals surface area contributed by atoms with E-state index in [0.717, 1.165) is 11.8 Å². The Labute approximate surface area is 90.1 Å². The number of rotatable bonds is 1. The largest absolute Gasteiger partial charge is 0.308 e. The van der Waals surface area contributed by atoms with Gasteiger partial charge in [-0.3, -0.25) is 5.10 Å². The van der Waals surface area contributed by atoms with Crippen LogP contribution in [0, 0.1) is 11.8 Å². The molecule has 1 saturated carbocycles. The van der Waals surface area contributed by atoms with Gasteiger partial charge in [0.1, 0.15) is 0 Å². The van der Waals surface area contributed by atoms with Crippen molar-refractivity contribution in [3.63, 3.8) is 0 Å². The fourth-order valence-electron chi connectivity index (χ4n) is 2.96. The van der Waals surface area contributed by atoms with Gasteiger partial charge < -0.3 is 5.32 Å². The van der Waals surface area contributed by atoms with Crippen molar-refractivity contribution in [3.05, 3.63) is 18.0 Å². The van der Waals surface area contributed by atoms with Crippen molar-refractivity contribution in [2.24, 2.45) is 11.8 Å². The highest BCUT2D eigenvalue weighted by Crippen LogP contribution is 2.43. The van der Waals surface area contributed by atoms with Crippen molar-refractivity contribution in [2.45, 2.75) is 25.3 Å². The van der Waals surface area contributed by atoms with E-state index >= 15 is 0 Å². The number of halogens is 1. The Hall–Kier alpha value is -0.540. The van der Waals surface area contributed by atoms with Crippen molar-refractivity contribution < 1.29 is 0 Å². The smallest absolute Gasteiger partial charge is 0.0794 e. The lowest BCUT2D eigenvalue weighted by atomic mass is 9.92. The van der Waals surface area contributed by atoms with E-state index in [1.807, 2.05) is 6.20 Å². The summed E-state index contributed by atoms with van der Waals surface area (Å²) in [6.45, 7) is 1.20. The van der Waals surface area contributed by atoms with Crippen LogP contribution in [0.5, 0.6) is 0 Å². The van der Waals surface area contributed by atoms with Crippen LogP contribution in [0.25, 0.3) is 0 Å². The molecule has 1 aliphatic heterocycles. The van der Waals surface area contributed by atoms with E-state index in [1.165, 1.54) is 31.5 Å². The van der Waals surface area contributed by atoms with Crippen molar-refractivity contribution >= 4 is 12.4 Å². The average molecular weight is 214 g/mol. The highest BCUT2D eigenvalue weighted by Gasteiger charge is 2.40. The molecule has 3 rings (SSSR count). The molecule has 1 aromatic heterocycles. The van der Waals surface area contributed by atoms with Crippen LogP contribution in [0.4, 0.5) is 0 Å². The molecule has 0 spiro atoms. The number of aromatic nitrogens is 2. The molecule has 1 saturated heterocycles. The number of fused-ring (bicyclic) bond motifs is 1. The van der Waals surface area contributed by atoms with Crippen LogP contribution in [-0.2, 0) is 0 Å². The van der Waals surface area contributed by atoms with Crippen molar-refractivity contribution in [3.8, 4) is 0 Å². The summed E-state index contributed by atoms with van der Waals surface area (Å²) in [5, 5.41) is 10.7. The van der Waals surface area contributed by atoms with E-state index in [4.69, 9.17) is 0 Å². The summed E-state index contributed by atoms with van der Waals surface area (Å²) in [6, 6.07) is 2.62. The third-order valence-corrected chi connectivity index (χ3v) is 3.59. The van der Waals surface area contributed by atoms with Gasteiger partial charge in [-0.15, -0.1) is 12.4 Å². The van der Waals surface area contributed by atoms with Gasteiger partial charge in [-0.1, -0.05) is 6.42 Å². The van der Waals surface area contributed by atoms with Crippen LogP contribution in [0.2, 0.25) is 0 Å². The van der Waals surface area contributed by atoms with Crippen LogP contribution < -0.4 is 5.32 Å². The van der Waals surface area contributed by atoms with Crippen LogP contribution >= 0.6 is 12.4 Å². The Balaban J connectivity index is 0.000000750. The van der Waals surface area contributed by atoms with Gasteiger partial charge in [0.15, 0.2) is 0 Å². The number of aromatic amines is 1. The average Bonchev–Trinajstić information content (AvgIpc) is 2.79. The van der Waals surface area contributed by atoms with Crippen LogP contribution in [0.3, 0.4) is 0 Å². The lowest BCUT2D eigenvalue weighted by Gasteiger charge is -2.15. The van der Waals surface area contributed by atoms with E-state index in [0.29, 0.717) is 6.04 Å².